The van der Waals surface area contributed by atoms with Crippen LogP contribution in [0.4, 0.5) is 0 Å². The fourth-order valence-corrected chi connectivity index (χ4v) is 2.05. The Bertz CT molecular complexity index is 740. The zero-order valence-corrected chi connectivity index (χ0v) is 14.2. The summed E-state index contributed by atoms with van der Waals surface area (Å²) >= 11 is 0. The van der Waals surface area contributed by atoms with E-state index >= 15 is 0 Å². The molecule has 0 saturated heterocycles. The van der Waals surface area contributed by atoms with Gasteiger partial charge in [-0.15, -0.1) is 0 Å². The minimum absolute atomic E-state index is 0.137. The minimum atomic E-state index is -0.576. The van der Waals surface area contributed by atoms with Crippen molar-refractivity contribution in [2.24, 2.45) is 0 Å². The highest BCUT2D eigenvalue weighted by Crippen LogP contribution is 2.05. The molecular formula is C18H20N2O5. The number of esters is 1. The van der Waals surface area contributed by atoms with Gasteiger partial charge in [0.1, 0.15) is 5.76 Å². The third-order valence-corrected chi connectivity index (χ3v) is 3.43. The van der Waals surface area contributed by atoms with Crippen molar-refractivity contribution in [3.8, 4) is 0 Å². The van der Waals surface area contributed by atoms with Gasteiger partial charge in [0.05, 0.1) is 24.9 Å². The highest BCUT2D eigenvalue weighted by atomic mass is 16.5. The largest absolute Gasteiger partial charge is 0.467 e. The lowest BCUT2D eigenvalue weighted by Gasteiger charge is -2.16. The standard InChI is InChI=1S/C18H20N2O5/c1-13-5-3-6-14(9-13)18(23)25-12-17(22)20(2)11-16(21)19-10-15-7-4-8-24-15/h3-9H,10-12H2,1-2H3,(H,19,21). The summed E-state index contributed by atoms with van der Waals surface area (Å²) in [6.45, 7) is 1.55. The second kappa shape index (κ2) is 8.68. The van der Waals surface area contributed by atoms with E-state index in [1.807, 2.05) is 13.0 Å². The average molecular weight is 344 g/mol. The van der Waals surface area contributed by atoms with Crippen molar-refractivity contribution in [1.29, 1.82) is 0 Å². The van der Waals surface area contributed by atoms with Crippen molar-refractivity contribution in [2.75, 3.05) is 20.2 Å². The van der Waals surface area contributed by atoms with Crippen LogP contribution in [0.15, 0.2) is 47.1 Å². The molecule has 0 aliphatic carbocycles. The number of aryl methyl sites for hydroxylation is 1. The first-order chi connectivity index (χ1) is 12.0. The maximum atomic E-state index is 12.0. The third kappa shape index (κ3) is 5.80. The topological polar surface area (TPSA) is 88.9 Å². The molecule has 1 aromatic heterocycles. The first-order valence-corrected chi connectivity index (χ1v) is 7.72. The highest BCUT2D eigenvalue weighted by molar-refractivity contribution is 5.92. The van der Waals surface area contributed by atoms with E-state index in [0.29, 0.717) is 11.3 Å². The van der Waals surface area contributed by atoms with Gasteiger partial charge in [-0.3, -0.25) is 9.59 Å². The van der Waals surface area contributed by atoms with Crippen molar-refractivity contribution in [3.05, 3.63) is 59.5 Å². The van der Waals surface area contributed by atoms with Crippen molar-refractivity contribution < 1.29 is 23.5 Å². The Morgan fingerprint density at radius 3 is 2.68 bits per heavy atom. The van der Waals surface area contributed by atoms with Crippen molar-refractivity contribution in [1.82, 2.24) is 10.2 Å². The number of likely N-dealkylation sites (N-methyl/N-ethyl adjacent to an activating group) is 1. The van der Waals surface area contributed by atoms with Crippen LogP contribution in [0.2, 0.25) is 0 Å². The van der Waals surface area contributed by atoms with E-state index in [4.69, 9.17) is 9.15 Å². The van der Waals surface area contributed by atoms with E-state index in [0.717, 1.165) is 5.56 Å². The number of carbonyl (C=O) groups excluding carboxylic acids is 3. The second-order valence-corrected chi connectivity index (χ2v) is 5.55. The van der Waals surface area contributed by atoms with Gasteiger partial charge in [-0.2, -0.15) is 0 Å². The first kappa shape index (κ1) is 18.3. The van der Waals surface area contributed by atoms with Crippen LogP contribution < -0.4 is 5.32 Å². The third-order valence-electron chi connectivity index (χ3n) is 3.43. The number of nitrogens with zero attached hydrogens (tertiary/aromatic N) is 1. The fraction of sp³-hybridized carbons (Fsp3) is 0.278. The van der Waals surface area contributed by atoms with Crippen molar-refractivity contribution in [3.63, 3.8) is 0 Å². The summed E-state index contributed by atoms with van der Waals surface area (Å²) in [6.07, 6.45) is 1.51. The zero-order chi connectivity index (χ0) is 18.2. The lowest BCUT2D eigenvalue weighted by atomic mass is 10.1. The molecule has 7 nitrogen and oxygen atoms in total. The first-order valence-electron chi connectivity index (χ1n) is 7.72. The summed E-state index contributed by atoms with van der Waals surface area (Å²) in [4.78, 5) is 36.9. The van der Waals surface area contributed by atoms with Gasteiger partial charge in [-0.1, -0.05) is 17.7 Å². The molecule has 0 radical (unpaired) electrons. The fourth-order valence-electron chi connectivity index (χ4n) is 2.05. The predicted molar refractivity (Wildman–Crippen MR) is 89.7 cm³/mol. The van der Waals surface area contributed by atoms with Crippen LogP contribution in [0, 0.1) is 6.92 Å². The predicted octanol–water partition coefficient (Wildman–Crippen LogP) is 1.52. The molecule has 0 fully saturated rings. The molecule has 7 heteroatoms. The summed E-state index contributed by atoms with van der Waals surface area (Å²) in [5, 5.41) is 2.63. The molecule has 0 saturated carbocycles. The van der Waals surface area contributed by atoms with E-state index in [1.54, 1.807) is 30.3 Å². The number of benzene rings is 1. The quantitative estimate of drug-likeness (QED) is 0.769. The molecule has 2 aromatic rings. The molecule has 0 unspecified atom stereocenters. The molecule has 0 atom stereocenters. The number of carbonyl (C=O) groups is 3. The molecule has 0 aliphatic heterocycles. The molecule has 25 heavy (non-hydrogen) atoms. The van der Waals surface area contributed by atoms with Crippen LogP contribution in [0.1, 0.15) is 21.7 Å². The second-order valence-electron chi connectivity index (χ2n) is 5.55. The van der Waals surface area contributed by atoms with E-state index in [-0.39, 0.29) is 19.0 Å². The molecule has 0 bridgehead atoms. The van der Waals surface area contributed by atoms with Crippen LogP contribution in [0.5, 0.6) is 0 Å². The Balaban J connectivity index is 1.74. The smallest absolute Gasteiger partial charge is 0.338 e. The minimum Gasteiger partial charge on any atom is -0.467 e. The number of ether oxygens (including phenoxy) is 1. The van der Waals surface area contributed by atoms with Crippen molar-refractivity contribution in [2.45, 2.75) is 13.5 Å². The van der Waals surface area contributed by atoms with E-state index in [9.17, 15) is 14.4 Å². The summed E-state index contributed by atoms with van der Waals surface area (Å²) < 4.78 is 10.1. The lowest BCUT2D eigenvalue weighted by molar-refractivity contribution is -0.137. The molecule has 0 spiro atoms. The molecule has 132 valence electrons. The molecule has 0 aliphatic rings. The Hall–Kier alpha value is -3.09. The average Bonchev–Trinajstić information content (AvgIpc) is 3.11. The molecule has 2 amide bonds. The van der Waals surface area contributed by atoms with Gasteiger partial charge in [0.15, 0.2) is 6.61 Å². The van der Waals surface area contributed by atoms with Gasteiger partial charge in [-0.05, 0) is 31.2 Å². The molecular weight excluding hydrogens is 324 g/mol. The van der Waals surface area contributed by atoms with Gasteiger partial charge in [0.2, 0.25) is 5.91 Å². The SMILES string of the molecule is Cc1cccc(C(=O)OCC(=O)N(C)CC(=O)NCc2ccco2)c1. The van der Waals surface area contributed by atoms with Crippen molar-refractivity contribution >= 4 is 17.8 Å². The molecule has 2 rings (SSSR count). The van der Waals surface area contributed by atoms with Gasteiger partial charge < -0.3 is 19.4 Å². The Morgan fingerprint density at radius 2 is 2.00 bits per heavy atom. The maximum Gasteiger partial charge on any atom is 0.338 e. The summed E-state index contributed by atoms with van der Waals surface area (Å²) in [7, 11) is 1.47. The van der Waals surface area contributed by atoms with Crippen LogP contribution in [-0.4, -0.2) is 42.9 Å². The Morgan fingerprint density at radius 1 is 1.20 bits per heavy atom. The number of nitrogens with one attached hydrogen (secondary N) is 1. The summed E-state index contributed by atoms with van der Waals surface area (Å²) in [5.41, 5.74) is 1.30. The van der Waals surface area contributed by atoms with Crippen LogP contribution in [-0.2, 0) is 20.9 Å². The number of rotatable bonds is 7. The van der Waals surface area contributed by atoms with Crippen LogP contribution in [0.3, 0.4) is 0 Å². The molecule has 1 aromatic carbocycles. The highest BCUT2D eigenvalue weighted by Gasteiger charge is 2.16. The Kier molecular flexibility index (Phi) is 6.33. The van der Waals surface area contributed by atoms with E-state index < -0.39 is 18.5 Å². The summed E-state index contributed by atoms with van der Waals surface area (Å²) in [5.74, 6) is -0.756. The Labute approximate surface area is 145 Å². The molecule has 1 heterocycles. The monoisotopic (exact) mass is 344 g/mol. The normalized spacial score (nSPS) is 10.2. The van der Waals surface area contributed by atoms with E-state index in [1.165, 1.54) is 18.2 Å². The number of amides is 2. The summed E-state index contributed by atoms with van der Waals surface area (Å²) in [6, 6.07) is 10.4. The number of furan rings is 1. The van der Waals surface area contributed by atoms with E-state index in [2.05, 4.69) is 5.32 Å². The number of hydrogen-bond acceptors (Lipinski definition) is 5. The van der Waals surface area contributed by atoms with Gasteiger partial charge >= 0.3 is 5.97 Å². The van der Waals surface area contributed by atoms with Gasteiger partial charge in [0, 0.05) is 7.05 Å². The lowest BCUT2D eigenvalue weighted by Crippen LogP contribution is -2.39. The zero-order valence-electron chi connectivity index (χ0n) is 14.2. The van der Waals surface area contributed by atoms with Gasteiger partial charge in [-0.25, -0.2) is 4.79 Å². The van der Waals surface area contributed by atoms with Gasteiger partial charge in [0.25, 0.3) is 5.91 Å². The van der Waals surface area contributed by atoms with Crippen LogP contribution >= 0.6 is 0 Å². The maximum absolute atomic E-state index is 12.0. The van der Waals surface area contributed by atoms with Crippen LogP contribution in [0.25, 0.3) is 0 Å². The molecule has 1 N–H and O–H groups in total. The number of hydrogen-bond donors (Lipinski definition) is 1.